The molecule has 7 heteroatoms. The number of benzene rings is 1. The van der Waals surface area contributed by atoms with Crippen molar-refractivity contribution in [2.45, 2.75) is 6.92 Å². The van der Waals surface area contributed by atoms with Crippen LogP contribution in [0, 0.1) is 4.77 Å². The van der Waals surface area contributed by atoms with Gasteiger partial charge >= 0.3 is 0 Å². The zero-order chi connectivity index (χ0) is 13.0. The molecular formula is C11H12N4O2S. The van der Waals surface area contributed by atoms with Crippen molar-refractivity contribution in [2.75, 3.05) is 6.61 Å². The zero-order valence-corrected chi connectivity index (χ0v) is 10.5. The van der Waals surface area contributed by atoms with Crippen molar-refractivity contribution in [3.63, 3.8) is 0 Å². The van der Waals surface area contributed by atoms with Gasteiger partial charge in [-0.25, -0.2) is 0 Å². The average molecular weight is 264 g/mol. The van der Waals surface area contributed by atoms with Gasteiger partial charge in [-0.3, -0.25) is 5.10 Å². The molecule has 0 aliphatic rings. The van der Waals surface area contributed by atoms with Crippen LogP contribution in [0.2, 0.25) is 0 Å². The Morgan fingerprint density at radius 1 is 1.61 bits per heavy atom. The predicted molar refractivity (Wildman–Crippen MR) is 69.7 cm³/mol. The van der Waals surface area contributed by atoms with Gasteiger partial charge in [-0.15, -0.1) is 0 Å². The summed E-state index contributed by atoms with van der Waals surface area (Å²) >= 11 is 4.94. The van der Waals surface area contributed by atoms with E-state index in [0.717, 1.165) is 0 Å². The number of rotatable bonds is 4. The lowest BCUT2D eigenvalue weighted by Gasteiger charge is -2.06. The molecule has 0 aliphatic heterocycles. The number of hydrogen-bond acceptors (Lipinski definition) is 5. The van der Waals surface area contributed by atoms with Gasteiger partial charge in [-0.1, -0.05) is 6.07 Å². The van der Waals surface area contributed by atoms with Gasteiger partial charge in [0.1, 0.15) is 6.33 Å². The highest BCUT2D eigenvalue weighted by atomic mass is 32.1. The zero-order valence-electron chi connectivity index (χ0n) is 9.70. The number of phenols is 1. The van der Waals surface area contributed by atoms with Crippen LogP contribution in [0.25, 0.3) is 0 Å². The van der Waals surface area contributed by atoms with Crippen molar-refractivity contribution >= 4 is 18.4 Å². The Kier molecular flexibility index (Phi) is 3.73. The molecule has 2 N–H and O–H groups in total. The predicted octanol–water partition coefficient (Wildman–Crippen LogP) is 1.93. The monoisotopic (exact) mass is 264 g/mol. The van der Waals surface area contributed by atoms with E-state index in [1.807, 2.05) is 6.92 Å². The van der Waals surface area contributed by atoms with Gasteiger partial charge in [0, 0.05) is 5.56 Å². The molecule has 2 aromatic rings. The van der Waals surface area contributed by atoms with Crippen molar-refractivity contribution in [1.82, 2.24) is 14.9 Å². The number of aromatic amines is 1. The maximum absolute atomic E-state index is 9.94. The molecular weight excluding hydrogens is 252 g/mol. The Hall–Kier alpha value is -2.15. The van der Waals surface area contributed by atoms with Crippen LogP contribution < -0.4 is 4.74 Å². The normalized spacial score (nSPS) is 10.9. The van der Waals surface area contributed by atoms with Crippen molar-refractivity contribution in [3.8, 4) is 11.5 Å². The molecule has 1 heterocycles. The first-order valence-electron chi connectivity index (χ1n) is 5.33. The van der Waals surface area contributed by atoms with Crippen molar-refractivity contribution in [1.29, 1.82) is 0 Å². The van der Waals surface area contributed by atoms with Crippen molar-refractivity contribution < 1.29 is 9.84 Å². The molecule has 0 aliphatic carbocycles. The first-order chi connectivity index (χ1) is 8.72. The molecule has 0 radical (unpaired) electrons. The maximum atomic E-state index is 9.94. The van der Waals surface area contributed by atoms with Crippen LogP contribution in [-0.2, 0) is 0 Å². The first kappa shape index (κ1) is 12.3. The van der Waals surface area contributed by atoms with E-state index in [1.165, 1.54) is 17.2 Å². The Bertz CT molecular complexity index is 618. The summed E-state index contributed by atoms with van der Waals surface area (Å²) in [6, 6.07) is 5.20. The summed E-state index contributed by atoms with van der Waals surface area (Å²) in [4.78, 5) is 0. The van der Waals surface area contributed by atoms with Crippen LogP contribution in [0.15, 0.2) is 29.6 Å². The van der Waals surface area contributed by atoms with Gasteiger partial charge < -0.3 is 9.84 Å². The molecule has 2 rings (SSSR count). The number of para-hydroxylation sites is 1. The third-order valence-electron chi connectivity index (χ3n) is 2.19. The molecule has 0 spiro atoms. The molecule has 0 atom stereocenters. The quantitative estimate of drug-likeness (QED) is 0.653. The fourth-order valence-corrected chi connectivity index (χ4v) is 1.51. The summed E-state index contributed by atoms with van der Waals surface area (Å²) in [5, 5.41) is 20.3. The lowest BCUT2D eigenvalue weighted by molar-refractivity contribution is 0.318. The second-order valence-corrected chi connectivity index (χ2v) is 3.76. The second kappa shape index (κ2) is 5.46. The van der Waals surface area contributed by atoms with E-state index in [1.54, 1.807) is 18.2 Å². The molecule has 0 fully saturated rings. The van der Waals surface area contributed by atoms with E-state index in [-0.39, 0.29) is 5.75 Å². The average Bonchev–Trinajstić information content (AvgIpc) is 2.76. The van der Waals surface area contributed by atoms with E-state index < -0.39 is 0 Å². The minimum absolute atomic E-state index is 0.0538. The summed E-state index contributed by atoms with van der Waals surface area (Å²) < 4.78 is 7.05. The van der Waals surface area contributed by atoms with Crippen molar-refractivity contribution in [2.24, 2.45) is 5.10 Å². The molecule has 6 nitrogen and oxygen atoms in total. The fraction of sp³-hybridized carbons (Fsp3) is 0.182. The smallest absolute Gasteiger partial charge is 0.216 e. The van der Waals surface area contributed by atoms with E-state index in [9.17, 15) is 5.11 Å². The van der Waals surface area contributed by atoms with Gasteiger partial charge in [0.25, 0.3) is 0 Å². The second-order valence-electron chi connectivity index (χ2n) is 3.38. The molecule has 1 aromatic heterocycles. The number of hydrogen-bond donors (Lipinski definition) is 2. The Morgan fingerprint density at radius 2 is 2.44 bits per heavy atom. The Balaban J connectivity index is 2.29. The molecule has 18 heavy (non-hydrogen) atoms. The summed E-state index contributed by atoms with van der Waals surface area (Å²) in [5.41, 5.74) is 0.545. The first-order valence-corrected chi connectivity index (χ1v) is 5.74. The van der Waals surface area contributed by atoms with E-state index >= 15 is 0 Å². The number of ether oxygens (including phenoxy) is 1. The largest absolute Gasteiger partial charge is 0.504 e. The number of H-pyrrole nitrogens is 1. The van der Waals surface area contributed by atoms with E-state index in [0.29, 0.717) is 22.7 Å². The summed E-state index contributed by atoms with van der Waals surface area (Å²) in [5.74, 6) is 0.482. The molecule has 94 valence electrons. The van der Waals surface area contributed by atoms with Gasteiger partial charge in [-0.05, 0) is 31.3 Å². The summed E-state index contributed by atoms with van der Waals surface area (Å²) in [6.07, 6.45) is 2.94. The minimum atomic E-state index is 0.0538. The number of nitrogens with one attached hydrogen (secondary N) is 1. The molecule has 0 bridgehead atoms. The molecule has 1 aromatic carbocycles. The van der Waals surface area contributed by atoms with Crippen molar-refractivity contribution in [3.05, 3.63) is 34.9 Å². The van der Waals surface area contributed by atoms with Crippen LogP contribution in [0.1, 0.15) is 12.5 Å². The van der Waals surface area contributed by atoms with Gasteiger partial charge in [0.05, 0.1) is 12.8 Å². The van der Waals surface area contributed by atoms with Crippen LogP contribution in [-0.4, -0.2) is 32.8 Å². The summed E-state index contributed by atoms with van der Waals surface area (Å²) in [7, 11) is 0. The number of aromatic nitrogens is 3. The van der Waals surface area contributed by atoms with E-state index in [4.69, 9.17) is 17.0 Å². The van der Waals surface area contributed by atoms with Crippen LogP contribution >= 0.6 is 12.2 Å². The third kappa shape index (κ3) is 2.57. The summed E-state index contributed by atoms with van der Waals surface area (Å²) in [6.45, 7) is 2.34. The standard InChI is InChI=1S/C11H12N4O2S/c1-2-17-9-5-3-4-8(10(9)16)6-13-15-7-12-14-11(15)18/h3-7,16H,2H2,1H3,(H,14,18)/b13-6+. The van der Waals surface area contributed by atoms with E-state index in [2.05, 4.69) is 15.3 Å². The van der Waals surface area contributed by atoms with Gasteiger partial charge in [-0.2, -0.15) is 14.9 Å². The molecule has 0 saturated heterocycles. The lowest BCUT2D eigenvalue weighted by atomic mass is 10.2. The number of nitrogens with zero attached hydrogens (tertiary/aromatic N) is 3. The fourth-order valence-electron chi connectivity index (χ4n) is 1.36. The number of aromatic hydroxyl groups is 1. The third-order valence-corrected chi connectivity index (χ3v) is 2.47. The maximum Gasteiger partial charge on any atom is 0.216 e. The van der Waals surface area contributed by atoms with Gasteiger partial charge in [0.15, 0.2) is 11.5 Å². The Labute approximate surface area is 109 Å². The van der Waals surface area contributed by atoms with Gasteiger partial charge in [0.2, 0.25) is 4.77 Å². The number of phenolic OH excluding ortho intramolecular Hbond substituents is 1. The van der Waals surface area contributed by atoms with Crippen LogP contribution in [0.4, 0.5) is 0 Å². The Morgan fingerprint density at radius 3 is 3.11 bits per heavy atom. The lowest BCUT2D eigenvalue weighted by Crippen LogP contribution is -1.94. The van der Waals surface area contributed by atoms with Crippen LogP contribution in [0.3, 0.4) is 0 Å². The topological polar surface area (TPSA) is 75.4 Å². The highest BCUT2D eigenvalue weighted by Gasteiger charge is 2.05. The molecule has 0 amide bonds. The molecule has 0 unspecified atom stereocenters. The highest BCUT2D eigenvalue weighted by molar-refractivity contribution is 7.71. The molecule has 0 saturated carbocycles. The van der Waals surface area contributed by atoms with Crippen LogP contribution in [0.5, 0.6) is 11.5 Å². The minimum Gasteiger partial charge on any atom is -0.504 e. The highest BCUT2D eigenvalue weighted by Crippen LogP contribution is 2.28. The SMILES string of the molecule is CCOc1cccc(/C=N/n2cn[nH]c2=S)c1O.